The number of aryl methyl sites for hydroxylation is 1. The van der Waals surface area contributed by atoms with Crippen molar-refractivity contribution in [3.05, 3.63) is 40.8 Å². The first-order valence-corrected chi connectivity index (χ1v) is 7.00. The number of imidazole rings is 1. The Morgan fingerprint density at radius 1 is 1.17 bits per heavy atom. The van der Waals surface area contributed by atoms with E-state index in [4.69, 9.17) is 0 Å². The molecule has 1 aromatic carbocycles. The molecule has 0 radical (unpaired) electrons. The van der Waals surface area contributed by atoms with E-state index in [0.717, 1.165) is 11.0 Å². The molecule has 2 nitrogen and oxygen atoms in total. The third-order valence-electron chi connectivity index (χ3n) is 3.41. The molecule has 0 spiro atoms. The SMILES string of the molecule is Brc1cccc(-c2c[nH]c3[n+]2CCCCC3)c1.[Cl-]. The van der Waals surface area contributed by atoms with Gasteiger partial charge in [-0.3, -0.25) is 0 Å². The van der Waals surface area contributed by atoms with Gasteiger partial charge in [-0.2, -0.15) is 0 Å². The smallest absolute Gasteiger partial charge is 0.254 e. The highest BCUT2D eigenvalue weighted by atomic mass is 79.9. The van der Waals surface area contributed by atoms with E-state index in [1.807, 2.05) is 0 Å². The van der Waals surface area contributed by atoms with Gasteiger partial charge >= 0.3 is 0 Å². The van der Waals surface area contributed by atoms with Crippen molar-refractivity contribution in [3.8, 4) is 11.3 Å². The van der Waals surface area contributed by atoms with Crippen LogP contribution in [0.3, 0.4) is 0 Å². The fourth-order valence-electron chi connectivity index (χ4n) is 2.54. The molecule has 0 bridgehead atoms. The number of aromatic nitrogens is 2. The highest BCUT2D eigenvalue weighted by molar-refractivity contribution is 9.10. The lowest BCUT2D eigenvalue weighted by Gasteiger charge is -2.02. The predicted octanol–water partition coefficient (Wildman–Crippen LogP) is 0.462. The number of halogens is 2. The Kier molecular flexibility index (Phi) is 4.46. The molecule has 0 saturated heterocycles. The van der Waals surface area contributed by atoms with Crippen molar-refractivity contribution in [3.63, 3.8) is 0 Å². The van der Waals surface area contributed by atoms with Crippen LogP contribution in [0.5, 0.6) is 0 Å². The Hall–Kier alpha value is -0.800. The molecule has 1 aliphatic heterocycles. The van der Waals surface area contributed by atoms with Crippen LogP contribution in [0.4, 0.5) is 0 Å². The first kappa shape index (κ1) is 13.6. The van der Waals surface area contributed by atoms with E-state index in [0.29, 0.717) is 0 Å². The molecule has 2 heterocycles. The van der Waals surface area contributed by atoms with E-state index >= 15 is 0 Å². The van der Waals surface area contributed by atoms with Crippen molar-refractivity contribution in [2.75, 3.05) is 0 Å². The van der Waals surface area contributed by atoms with Gasteiger partial charge in [0.2, 0.25) is 0 Å². The van der Waals surface area contributed by atoms with E-state index < -0.39 is 0 Å². The number of rotatable bonds is 1. The fraction of sp³-hybridized carbons (Fsp3) is 0.357. The molecule has 3 rings (SSSR count). The first-order valence-electron chi connectivity index (χ1n) is 6.20. The zero-order valence-electron chi connectivity index (χ0n) is 10.1. The van der Waals surface area contributed by atoms with E-state index in [1.165, 1.54) is 42.8 Å². The number of hydrogen-bond acceptors (Lipinski definition) is 0. The third-order valence-corrected chi connectivity index (χ3v) is 3.90. The van der Waals surface area contributed by atoms with Gasteiger partial charge in [-0.05, 0) is 31.4 Å². The Balaban J connectivity index is 0.00000120. The molecule has 0 fully saturated rings. The summed E-state index contributed by atoms with van der Waals surface area (Å²) < 4.78 is 3.58. The molecule has 96 valence electrons. The van der Waals surface area contributed by atoms with Gasteiger partial charge in [0.1, 0.15) is 6.20 Å². The normalized spacial score (nSPS) is 14.5. The molecule has 0 aliphatic carbocycles. The molecule has 0 saturated carbocycles. The van der Waals surface area contributed by atoms with Crippen molar-refractivity contribution < 1.29 is 17.0 Å². The van der Waals surface area contributed by atoms with Gasteiger partial charge in [0, 0.05) is 16.5 Å². The second kappa shape index (κ2) is 5.89. The highest BCUT2D eigenvalue weighted by Crippen LogP contribution is 2.21. The minimum Gasteiger partial charge on any atom is -1.00 e. The van der Waals surface area contributed by atoms with Crippen LogP contribution in [0.1, 0.15) is 25.1 Å². The van der Waals surface area contributed by atoms with Crippen molar-refractivity contribution in [2.45, 2.75) is 32.2 Å². The highest BCUT2D eigenvalue weighted by Gasteiger charge is 2.20. The zero-order chi connectivity index (χ0) is 11.7. The molecule has 1 N–H and O–H groups in total. The number of hydrogen-bond donors (Lipinski definition) is 1. The second-order valence-electron chi connectivity index (χ2n) is 4.59. The average Bonchev–Trinajstić information content (AvgIpc) is 2.59. The summed E-state index contributed by atoms with van der Waals surface area (Å²) in [6.45, 7) is 1.14. The number of fused-ring (bicyclic) bond motifs is 1. The van der Waals surface area contributed by atoms with Gasteiger partial charge in [0.05, 0.1) is 6.54 Å². The van der Waals surface area contributed by atoms with Gasteiger partial charge in [-0.15, -0.1) is 0 Å². The maximum Gasteiger partial charge on any atom is 0.254 e. The maximum absolute atomic E-state index is 3.54. The Morgan fingerprint density at radius 3 is 2.89 bits per heavy atom. The van der Waals surface area contributed by atoms with Crippen molar-refractivity contribution in [1.82, 2.24) is 4.98 Å². The molecule has 0 amide bonds. The maximum atomic E-state index is 3.54. The van der Waals surface area contributed by atoms with Gasteiger partial charge < -0.3 is 12.4 Å². The van der Waals surface area contributed by atoms with Crippen LogP contribution < -0.4 is 17.0 Å². The molecule has 2 aromatic rings. The number of nitrogens with one attached hydrogen (secondary N) is 1. The number of benzene rings is 1. The minimum atomic E-state index is 0. The predicted molar refractivity (Wildman–Crippen MR) is 71.7 cm³/mol. The van der Waals surface area contributed by atoms with Gasteiger partial charge in [-0.25, -0.2) is 9.55 Å². The minimum absolute atomic E-state index is 0. The van der Waals surface area contributed by atoms with E-state index in [-0.39, 0.29) is 12.4 Å². The number of nitrogens with zero attached hydrogens (tertiary/aromatic N) is 1. The molecule has 0 atom stereocenters. The van der Waals surface area contributed by atoms with E-state index in [9.17, 15) is 0 Å². The average molecular weight is 328 g/mol. The summed E-state index contributed by atoms with van der Waals surface area (Å²) in [5, 5.41) is 0. The topological polar surface area (TPSA) is 19.7 Å². The van der Waals surface area contributed by atoms with Crippen LogP contribution in [0.2, 0.25) is 0 Å². The lowest BCUT2D eigenvalue weighted by molar-refractivity contribution is -0.691. The largest absolute Gasteiger partial charge is 1.00 e. The Bertz CT molecular complexity index is 536. The molecule has 1 aromatic heterocycles. The van der Waals surface area contributed by atoms with Crippen LogP contribution in [0.25, 0.3) is 11.3 Å². The molecule has 18 heavy (non-hydrogen) atoms. The molecule has 0 unspecified atom stereocenters. The zero-order valence-corrected chi connectivity index (χ0v) is 12.5. The molecular formula is C14H16BrClN2. The van der Waals surface area contributed by atoms with E-state index in [2.05, 4.69) is 55.9 Å². The Labute approximate surface area is 122 Å². The van der Waals surface area contributed by atoms with Gasteiger partial charge in [0.15, 0.2) is 5.69 Å². The molecular weight excluding hydrogens is 312 g/mol. The van der Waals surface area contributed by atoms with Gasteiger partial charge in [-0.1, -0.05) is 28.1 Å². The van der Waals surface area contributed by atoms with Crippen molar-refractivity contribution in [1.29, 1.82) is 0 Å². The van der Waals surface area contributed by atoms with Crippen LogP contribution in [-0.2, 0) is 13.0 Å². The molecule has 1 aliphatic rings. The first-order chi connectivity index (χ1) is 8.34. The summed E-state index contributed by atoms with van der Waals surface area (Å²) in [5.74, 6) is 1.37. The second-order valence-corrected chi connectivity index (χ2v) is 5.51. The monoisotopic (exact) mass is 326 g/mol. The van der Waals surface area contributed by atoms with Crippen LogP contribution >= 0.6 is 15.9 Å². The standard InChI is InChI=1S/C14H15BrN2.ClH/c15-12-6-4-5-11(9-12)13-10-16-14-7-2-1-3-8-17(13)14;/h4-6,9-10H,1-3,7-8H2;1H. The van der Waals surface area contributed by atoms with Crippen LogP contribution in [0.15, 0.2) is 34.9 Å². The van der Waals surface area contributed by atoms with Crippen molar-refractivity contribution >= 4 is 15.9 Å². The van der Waals surface area contributed by atoms with Crippen molar-refractivity contribution in [2.24, 2.45) is 0 Å². The van der Waals surface area contributed by atoms with Crippen LogP contribution in [0, 0.1) is 0 Å². The summed E-state index contributed by atoms with van der Waals surface area (Å²) in [6.07, 6.45) is 7.25. The third kappa shape index (κ3) is 2.62. The summed E-state index contributed by atoms with van der Waals surface area (Å²) in [4.78, 5) is 3.43. The summed E-state index contributed by atoms with van der Waals surface area (Å²) in [7, 11) is 0. The number of H-pyrrole nitrogens is 1. The quantitative estimate of drug-likeness (QED) is 0.735. The van der Waals surface area contributed by atoms with Gasteiger partial charge in [0.25, 0.3) is 5.82 Å². The summed E-state index contributed by atoms with van der Waals surface area (Å²) in [5.41, 5.74) is 2.59. The summed E-state index contributed by atoms with van der Waals surface area (Å²) >= 11 is 3.54. The van der Waals surface area contributed by atoms with Crippen LogP contribution in [-0.4, -0.2) is 4.98 Å². The Morgan fingerprint density at radius 2 is 2.06 bits per heavy atom. The summed E-state index contributed by atoms with van der Waals surface area (Å²) in [6, 6.07) is 8.52. The number of aromatic amines is 1. The molecule has 4 heteroatoms. The van der Waals surface area contributed by atoms with E-state index in [1.54, 1.807) is 0 Å². The lowest BCUT2D eigenvalue weighted by Crippen LogP contribution is -3.00. The fourth-order valence-corrected chi connectivity index (χ4v) is 2.94. The lowest BCUT2D eigenvalue weighted by atomic mass is 10.1.